The van der Waals surface area contributed by atoms with Crippen LogP contribution < -0.4 is 10.1 Å². The Morgan fingerprint density at radius 2 is 1.74 bits per heavy atom. The van der Waals surface area contributed by atoms with Crippen molar-refractivity contribution >= 4 is 17.7 Å². The zero-order chi connectivity index (χ0) is 16.7. The summed E-state index contributed by atoms with van der Waals surface area (Å²) in [5.74, 6) is 1.28. The molecule has 2 aromatic carbocycles. The van der Waals surface area contributed by atoms with Gasteiger partial charge in [0.05, 0.1) is 18.9 Å². The number of carbonyl (C=O) groups is 1. The molecule has 0 saturated carbocycles. The number of thioether (sulfide) groups is 1. The Balaban J connectivity index is 1.87. The van der Waals surface area contributed by atoms with Crippen molar-refractivity contribution in [3.05, 3.63) is 65.7 Å². The fraction of sp³-hybridized carbons (Fsp3) is 0.316. The van der Waals surface area contributed by atoms with Crippen molar-refractivity contribution < 1.29 is 9.53 Å². The first-order valence-electron chi connectivity index (χ1n) is 7.70. The van der Waals surface area contributed by atoms with Crippen LogP contribution in [0.15, 0.2) is 54.6 Å². The van der Waals surface area contributed by atoms with E-state index in [0.717, 1.165) is 11.3 Å². The van der Waals surface area contributed by atoms with E-state index in [2.05, 4.69) is 24.4 Å². The van der Waals surface area contributed by atoms with Crippen LogP contribution in [0, 0.1) is 0 Å². The highest BCUT2D eigenvalue weighted by molar-refractivity contribution is 8.00. The average molecular weight is 329 g/mol. The number of rotatable bonds is 7. The lowest BCUT2D eigenvalue weighted by atomic mass is 10.1. The molecule has 2 rings (SSSR count). The van der Waals surface area contributed by atoms with Gasteiger partial charge in [-0.1, -0.05) is 48.5 Å². The fourth-order valence-corrected chi connectivity index (χ4v) is 3.24. The summed E-state index contributed by atoms with van der Waals surface area (Å²) in [7, 11) is 1.64. The van der Waals surface area contributed by atoms with Gasteiger partial charge in [-0.25, -0.2) is 0 Å². The van der Waals surface area contributed by atoms with Crippen molar-refractivity contribution in [2.45, 2.75) is 25.1 Å². The van der Waals surface area contributed by atoms with Crippen LogP contribution in [0.1, 0.15) is 36.3 Å². The lowest BCUT2D eigenvalue weighted by Crippen LogP contribution is -2.28. The van der Waals surface area contributed by atoms with Gasteiger partial charge in [0.2, 0.25) is 5.91 Å². The molecule has 0 aliphatic heterocycles. The molecule has 0 bridgehead atoms. The highest BCUT2D eigenvalue weighted by Crippen LogP contribution is 2.28. The maximum Gasteiger partial charge on any atom is 0.230 e. The zero-order valence-corrected chi connectivity index (χ0v) is 14.6. The average Bonchev–Trinajstić information content (AvgIpc) is 2.60. The predicted octanol–water partition coefficient (Wildman–Crippen LogP) is 4.37. The van der Waals surface area contributed by atoms with Crippen LogP contribution >= 0.6 is 11.8 Å². The van der Waals surface area contributed by atoms with Gasteiger partial charge in [0, 0.05) is 10.8 Å². The SMILES string of the molecule is COc1ccccc1[C@H](C)NC(=O)CS[C@@H](C)c1ccccc1. The van der Waals surface area contributed by atoms with Gasteiger partial charge in [-0.15, -0.1) is 11.8 Å². The second kappa shape index (κ2) is 8.63. The predicted molar refractivity (Wildman–Crippen MR) is 96.9 cm³/mol. The van der Waals surface area contributed by atoms with Crippen LogP contribution in [0.25, 0.3) is 0 Å². The second-order valence-electron chi connectivity index (χ2n) is 5.40. The molecule has 0 aliphatic rings. The molecule has 0 fully saturated rings. The number of carbonyl (C=O) groups excluding carboxylic acids is 1. The van der Waals surface area contributed by atoms with E-state index in [-0.39, 0.29) is 11.9 Å². The molecule has 2 aromatic rings. The first-order chi connectivity index (χ1) is 11.1. The zero-order valence-electron chi connectivity index (χ0n) is 13.8. The number of amides is 1. The molecule has 23 heavy (non-hydrogen) atoms. The minimum absolute atomic E-state index is 0.0381. The summed E-state index contributed by atoms with van der Waals surface area (Å²) in [6, 6.07) is 17.9. The standard InChI is InChI=1S/C19H23NO2S/c1-14(17-11-7-8-12-18(17)22-3)20-19(21)13-23-15(2)16-9-5-4-6-10-16/h4-12,14-15H,13H2,1-3H3,(H,20,21)/t14-,15-/m0/s1. The molecular formula is C19H23NO2S. The Labute approximate surface area is 142 Å². The van der Waals surface area contributed by atoms with E-state index in [4.69, 9.17) is 4.74 Å². The summed E-state index contributed by atoms with van der Waals surface area (Å²) in [5.41, 5.74) is 2.23. The number of benzene rings is 2. The molecule has 0 aromatic heterocycles. The van der Waals surface area contributed by atoms with E-state index in [1.807, 2.05) is 49.4 Å². The van der Waals surface area contributed by atoms with E-state index >= 15 is 0 Å². The maximum atomic E-state index is 12.2. The third-order valence-corrected chi connectivity index (χ3v) is 4.92. The number of nitrogens with one attached hydrogen (secondary N) is 1. The third kappa shape index (κ3) is 5.03. The van der Waals surface area contributed by atoms with Gasteiger partial charge in [0.1, 0.15) is 5.75 Å². The Bertz CT molecular complexity index is 630. The summed E-state index contributed by atoms with van der Waals surface area (Å²) < 4.78 is 5.35. The Morgan fingerprint density at radius 1 is 1.09 bits per heavy atom. The van der Waals surface area contributed by atoms with Gasteiger partial charge >= 0.3 is 0 Å². The van der Waals surface area contributed by atoms with Crippen molar-refractivity contribution in [1.82, 2.24) is 5.32 Å². The van der Waals surface area contributed by atoms with Gasteiger partial charge in [0.15, 0.2) is 0 Å². The van der Waals surface area contributed by atoms with E-state index in [9.17, 15) is 4.79 Å². The minimum Gasteiger partial charge on any atom is -0.496 e. The molecule has 4 heteroatoms. The highest BCUT2D eigenvalue weighted by Gasteiger charge is 2.15. The van der Waals surface area contributed by atoms with Crippen LogP contribution in [0.5, 0.6) is 5.75 Å². The number of methoxy groups -OCH3 is 1. The molecule has 1 amide bonds. The number of para-hydroxylation sites is 1. The largest absolute Gasteiger partial charge is 0.496 e. The van der Waals surface area contributed by atoms with Gasteiger partial charge in [-0.05, 0) is 25.5 Å². The number of hydrogen-bond acceptors (Lipinski definition) is 3. The molecule has 0 unspecified atom stereocenters. The quantitative estimate of drug-likeness (QED) is 0.820. The highest BCUT2D eigenvalue weighted by atomic mass is 32.2. The normalized spacial score (nSPS) is 13.2. The maximum absolute atomic E-state index is 12.2. The smallest absolute Gasteiger partial charge is 0.230 e. The van der Waals surface area contributed by atoms with Crippen molar-refractivity contribution in [2.75, 3.05) is 12.9 Å². The second-order valence-corrected chi connectivity index (χ2v) is 6.72. The summed E-state index contributed by atoms with van der Waals surface area (Å²) in [6.45, 7) is 4.10. The van der Waals surface area contributed by atoms with Crippen LogP contribution in [-0.2, 0) is 4.79 Å². The van der Waals surface area contributed by atoms with Gasteiger partial charge in [-0.2, -0.15) is 0 Å². The van der Waals surface area contributed by atoms with Crippen LogP contribution in [-0.4, -0.2) is 18.8 Å². The van der Waals surface area contributed by atoms with E-state index in [1.54, 1.807) is 18.9 Å². The molecule has 0 saturated heterocycles. The van der Waals surface area contributed by atoms with E-state index in [0.29, 0.717) is 11.0 Å². The monoisotopic (exact) mass is 329 g/mol. The minimum atomic E-state index is -0.0775. The molecule has 1 N–H and O–H groups in total. The molecule has 0 heterocycles. The van der Waals surface area contributed by atoms with Crippen molar-refractivity contribution in [3.8, 4) is 5.75 Å². The fourth-order valence-electron chi connectivity index (χ4n) is 2.41. The van der Waals surface area contributed by atoms with Crippen molar-refractivity contribution in [3.63, 3.8) is 0 Å². The molecule has 0 radical (unpaired) electrons. The van der Waals surface area contributed by atoms with Gasteiger partial charge in [0.25, 0.3) is 0 Å². The van der Waals surface area contributed by atoms with Gasteiger partial charge < -0.3 is 10.1 Å². The number of ether oxygens (including phenoxy) is 1. The Kier molecular flexibility index (Phi) is 6.53. The first kappa shape index (κ1) is 17.4. The van der Waals surface area contributed by atoms with Crippen molar-refractivity contribution in [1.29, 1.82) is 0 Å². The summed E-state index contributed by atoms with van der Waals surface area (Å²) in [4.78, 5) is 12.2. The summed E-state index contributed by atoms with van der Waals surface area (Å²) in [5, 5.41) is 3.33. The topological polar surface area (TPSA) is 38.3 Å². The summed E-state index contributed by atoms with van der Waals surface area (Å²) >= 11 is 1.64. The third-order valence-electron chi connectivity index (χ3n) is 3.72. The lowest BCUT2D eigenvalue weighted by molar-refractivity contribution is -0.119. The molecule has 0 aliphatic carbocycles. The lowest BCUT2D eigenvalue weighted by Gasteiger charge is -2.18. The first-order valence-corrected chi connectivity index (χ1v) is 8.75. The van der Waals surface area contributed by atoms with Crippen LogP contribution in [0.3, 0.4) is 0 Å². The molecular weight excluding hydrogens is 306 g/mol. The van der Waals surface area contributed by atoms with Crippen molar-refractivity contribution in [2.24, 2.45) is 0 Å². The van der Waals surface area contributed by atoms with E-state index < -0.39 is 0 Å². The Morgan fingerprint density at radius 3 is 2.43 bits per heavy atom. The summed E-state index contributed by atoms with van der Waals surface area (Å²) in [6.07, 6.45) is 0. The van der Waals surface area contributed by atoms with Crippen LogP contribution in [0.2, 0.25) is 0 Å². The molecule has 3 nitrogen and oxygen atoms in total. The van der Waals surface area contributed by atoms with Crippen LogP contribution in [0.4, 0.5) is 0 Å². The molecule has 0 spiro atoms. The number of hydrogen-bond donors (Lipinski definition) is 1. The molecule has 2 atom stereocenters. The Hall–Kier alpha value is -1.94. The van der Waals surface area contributed by atoms with Gasteiger partial charge in [-0.3, -0.25) is 4.79 Å². The molecule has 122 valence electrons. The van der Waals surface area contributed by atoms with E-state index in [1.165, 1.54) is 5.56 Å².